The van der Waals surface area contributed by atoms with Crippen molar-refractivity contribution >= 4 is 5.91 Å². The maximum Gasteiger partial charge on any atom is 0.241 e. The lowest BCUT2D eigenvalue weighted by molar-refractivity contribution is -0.144. The largest absolute Gasteiger partial charge is 0.378 e. The van der Waals surface area contributed by atoms with Gasteiger partial charge in [-0.1, -0.05) is 51.1 Å². The van der Waals surface area contributed by atoms with E-state index in [1.54, 1.807) is 12.4 Å². The number of amides is 1. The molecule has 1 unspecified atom stereocenters. The number of aromatic nitrogens is 2. The monoisotopic (exact) mass is 327 g/mol. The topological polar surface area (TPSA) is 58.2 Å². The lowest BCUT2D eigenvalue weighted by Gasteiger charge is -2.45. The molecule has 1 aromatic carbocycles. The van der Waals surface area contributed by atoms with E-state index in [9.17, 15) is 4.79 Å². The molecule has 1 fully saturated rings. The number of morpholine rings is 1. The van der Waals surface area contributed by atoms with Gasteiger partial charge in [-0.3, -0.25) is 4.79 Å². The minimum atomic E-state index is -0.866. The third-order valence-electron chi connectivity index (χ3n) is 4.80. The number of hydrogen-bond acceptors (Lipinski definition) is 3. The van der Waals surface area contributed by atoms with Crippen molar-refractivity contribution in [3.8, 4) is 0 Å². The molecule has 0 saturated carbocycles. The van der Waals surface area contributed by atoms with Gasteiger partial charge in [0.15, 0.2) is 0 Å². The number of ether oxygens (including phenoxy) is 1. The fourth-order valence-corrected chi connectivity index (χ4v) is 3.63. The van der Waals surface area contributed by atoms with Gasteiger partial charge in [-0.15, -0.1) is 0 Å². The molecule has 1 atom stereocenters. The predicted octanol–water partition coefficient (Wildman–Crippen LogP) is 2.60. The molecule has 1 saturated heterocycles. The Morgan fingerprint density at radius 2 is 1.83 bits per heavy atom. The molecular weight excluding hydrogens is 302 g/mol. The zero-order chi connectivity index (χ0) is 17.2. The summed E-state index contributed by atoms with van der Waals surface area (Å²) in [5.41, 5.74) is -0.264. The number of H-pyrrole nitrogens is 1. The van der Waals surface area contributed by atoms with Crippen LogP contribution < -0.4 is 0 Å². The van der Waals surface area contributed by atoms with Crippen molar-refractivity contribution in [2.45, 2.75) is 26.2 Å². The summed E-state index contributed by atoms with van der Waals surface area (Å²) >= 11 is 0. The number of rotatable bonds is 3. The van der Waals surface area contributed by atoms with Crippen LogP contribution in [0.3, 0.4) is 0 Å². The standard InChI is InChI=1S/C19H25N3O2/c1-18(2,3)19(16-20-9-10-21-16,15-7-5-4-6-8-15)17(23)22-11-13-24-14-12-22/h4-10H,11-14H2,1-3H3,(H,20,21). The molecule has 1 N–H and O–H groups in total. The van der Waals surface area contributed by atoms with Crippen LogP contribution in [-0.2, 0) is 14.9 Å². The van der Waals surface area contributed by atoms with Crippen LogP contribution in [-0.4, -0.2) is 47.1 Å². The van der Waals surface area contributed by atoms with Gasteiger partial charge in [-0.25, -0.2) is 4.98 Å². The van der Waals surface area contributed by atoms with Crippen LogP contribution in [0.25, 0.3) is 0 Å². The number of nitrogens with one attached hydrogen (secondary N) is 1. The number of hydrogen-bond donors (Lipinski definition) is 1. The van der Waals surface area contributed by atoms with Crippen molar-refractivity contribution in [1.29, 1.82) is 0 Å². The summed E-state index contributed by atoms with van der Waals surface area (Å²) < 4.78 is 5.43. The SMILES string of the molecule is CC(C)(C)C(C(=O)N1CCOCC1)(c1ccccc1)c1ncc[nH]1. The summed E-state index contributed by atoms with van der Waals surface area (Å²) in [5, 5.41) is 0. The van der Waals surface area contributed by atoms with E-state index < -0.39 is 5.41 Å². The zero-order valence-electron chi connectivity index (χ0n) is 14.6. The summed E-state index contributed by atoms with van der Waals surface area (Å²) in [6.07, 6.45) is 3.50. The van der Waals surface area contributed by atoms with E-state index in [4.69, 9.17) is 4.74 Å². The quantitative estimate of drug-likeness (QED) is 0.943. The highest BCUT2D eigenvalue weighted by molar-refractivity contribution is 5.92. The highest BCUT2D eigenvalue weighted by atomic mass is 16.5. The lowest BCUT2D eigenvalue weighted by Crippen LogP contribution is -2.57. The minimum absolute atomic E-state index is 0.0828. The molecule has 2 aromatic rings. The molecule has 1 aliphatic rings. The average molecular weight is 327 g/mol. The third-order valence-corrected chi connectivity index (χ3v) is 4.80. The Labute approximate surface area is 143 Å². The van der Waals surface area contributed by atoms with Gasteiger partial charge in [0.1, 0.15) is 11.2 Å². The van der Waals surface area contributed by atoms with Crippen molar-refractivity contribution in [2.75, 3.05) is 26.3 Å². The Bertz CT molecular complexity index is 670. The van der Waals surface area contributed by atoms with E-state index in [-0.39, 0.29) is 11.3 Å². The molecule has 1 aliphatic heterocycles. The molecule has 5 heteroatoms. The zero-order valence-corrected chi connectivity index (χ0v) is 14.6. The van der Waals surface area contributed by atoms with Gasteiger partial charge < -0.3 is 14.6 Å². The van der Waals surface area contributed by atoms with Crippen molar-refractivity contribution in [2.24, 2.45) is 5.41 Å². The van der Waals surface area contributed by atoms with Crippen LogP contribution in [0.2, 0.25) is 0 Å². The second-order valence-corrected chi connectivity index (χ2v) is 7.21. The smallest absolute Gasteiger partial charge is 0.241 e. The van der Waals surface area contributed by atoms with Crippen molar-refractivity contribution in [3.05, 3.63) is 54.1 Å². The van der Waals surface area contributed by atoms with Gasteiger partial charge in [0.2, 0.25) is 5.91 Å². The van der Waals surface area contributed by atoms with Crippen molar-refractivity contribution < 1.29 is 9.53 Å². The summed E-state index contributed by atoms with van der Waals surface area (Å²) in [6.45, 7) is 8.69. The highest BCUT2D eigenvalue weighted by Gasteiger charge is 2.55. The van der Waals surface area contributed by atoms with Crippen molar-refractivity contribution in [3.63, 3.8) is 0 Å². The second kappa shape index (κ2) is 6.40. The molecular formula is C19H25N3O2. The molecule has 3 rings (SSSR count). The third kappa shape index (κ3) is 2.63. The summed E-state index contributed by atoms with van der Waals surface area (Å²) in [4.78, 5) is 23.4. The molecule has 5 nitrogen and oxygen atoms in total. The Morgan fingerprint density at radius 1 is 1.17 bits per heavy atom. The van der Waals surface area contributed by atoms with E-state index in [0.29, 0.717) is 32.1 Å². The van der Waals surface area contributed by atoms with Gasteiger partial charge in [0.05, 0.1) is 13.2 Å². The average Bonchev–Trinajstić information content (AvgIpc) is 3.10. The van der Waals surface area contributed by atoms with Crippen LogP contribution in [0, 0.1) is 5.41 Å². The first kappa shape index (κ1) is 16.7. The first-order chi connectivity index (χ1) is 11.5. The number of benzene rings is 1. The van der Waals surface area contributed by atoms with Crippen LogP contribution in [0.4, 0.5) is 0 Å². The van der Waals surface area contributed by atoms with Crippen LogP contribution >= 0.6 is 0 Å². The molecule has 1 amide bonds. The van der Waals surface area contributed by atoms with E-state index >= 15 is 0 Å². The number of aromatic amines is 1. The fourth-order valence-electron chi connectivity index (χ4n) is 3.63. The molecule has 0 spiro atoms. The lowest BCUT2D eigenvalue weighted by atomic mass is 9.61. The van der Waals surface area contributed by atoms with Crippen LogP contribution in [0.5, 0.6) is 0 Å². The van der Waals surface area contributed by atoms with Gasteiger partial charge in [0, 0.05) is 25.5 Å². The van der Waals surface area contributed by atoms with E-state index in [0.717, 1.165) is 5.56 Å². The van der Waals surface area contributed by atoms with Crippen molar-refractivity contribution in [1.82, 2.24) is 14.9 Å². The maximum absolute atomic E-state index is 13.8. The Hall–Kier alpha value is -2.14. The molecule has 24 heavy (non-hydrogen) atoms. The summed E-state index contributed by atoms with van der Waals surface area (Å²) in [6, 6.07) is 9.97. The van der Waals surface area contributed by atoms with E-state index in [1.165, 1.54) is 0 Å². The van der Waals surface area contributed by atoms with E-state index in [1.807, 2.05) is 35.2 Å². The Kier molecular flexibility index (Phi) is 4.45. The normalized spacial score (nSPS) is 18.2. The second-order valence-electron chi connectivity index (χ2n) is 7.21. The number of imidazole rings is 1. The number of carbonyl (C=O) groups is 1. The minimum Gasteiger partial charge on any atom is -0.378 e. The predicted molar refractivity (Wildman–Crippen MR) is 92.7 cm³/mol. The van der Waals surface area contributed by atoms with Gasteiger partial charge in [0.25, 0.3) is 0 Å². The summed E-state index contributed by atoms with van der Waals surface area (Å²) in [7, 11) is 0. The molecule has 1 aromatic heterocycles. The molecule has 128 valence electrons. The number of nitrogens with zero attached hydrogens (tertiary/aromatic N) is 2. The fraction of sp³-hybridized carbons (Fsp3) is 0.474. The van der Waals surface area contributed by atoms with Gasteiger partial charge in [-0.2, -0.15) is 0 Å². The molecule has 0 bridgehead atoms. The molecule has 2 heterocycles. The van der Waals surface area contributed by atoms with Crippen LogP contribution in [0.1, 0.15) is 32.2 Å². The van der Waals surface area contributed by atoms with Crippen LogP contribution in [0.15, 0.2) is 42.7 Å². The first-order valence-electron chi connectivity index (χ1n) is 8.40. The summed E-state index contributed by atoms with van der Waals surface area (Å²) in [5.74, 6) is 0.775. The molecule has 0 radical (unpaired) electrons. The first-order valence-corrected chi connectivity index (χ1v) is 8.40. The Morgan fingerprint density at radius 3 is 2.38 bits per heavy atom. The molecule has 0 aliphatic carbocycles. The van der Waals surface area contributed by atoms with Gasteiger partial charge in [-0.05, 0) is 11.0 Å². The highest BCUT2D eigenvalue weighted by Crippen LogP contribution is 2.47. The number of carbonyl (C=O) groups excluding carboxylic acids is 1. The maximum atomic E-state index is 13.8. The van der Waals surface area contributed by atoms with E-state index in [2.05, 4.69) is 30.7 Å². The van der Waals surface area contributed by atoms with Gasteiger partial charge >= 0.3 is 0 Å². The Balaban J connectivity index is 2.21.